The number of hydrogen-bond donors (Lipinski definition) is 1. The molecule has 1 N–H and O–H groups in total. The number of carbonyl (C=O) groups excluding carboxylic acids is 2. The van der Waals surface area contributed by atoms with Crippen LogP contribution in [0.5, 0.6) is 0 Å². The first-order valence-electron chi connectivity index (χ1n) is 5.98. The van der Waals surface area contributed by atoms with Crippen LogP contribution < -0.4 is 5.32 Å². The van der Waals surface area contributed by atoms with E-state index < -0.39 is 0 Å². The van der Waals surface area contributed by atoms with Gasteiger partial charge in [0, 0.05) is 25.7 Å². The number of carbonyl (C=O) groups is 2. The number of benzene rings is 1. The number of urea groups is 1. The zero-order valence-electron chi connectivity index (χ0n) is 11.3. The quantitative estimate of drug-likeness (QED) is 0.846. The molecule has 0 aliphatic heterocycles. The molecule has 0 aliphatic rings. The summed E-state index contributed by atoms with van der Waals surface area (Å²) in [5.74, 6) is -0.289. The van der Waals surface area contributed by atoms with Gasteiger partial charge in [-0.05, 0) is 24.6 Å². The minimum Gasteiger partial charge on any atom is -0.469 e. The van der Waals surface area contributed by atoms with E-state index in [1.165, 1.54) is 12.0 Å². The van der Waals surface area contributed by atoms with E-state index in [9.17, 15) is 9.59 Å². The van der Waals surface area contributed by atoms with Gasteiger partial charge in [-0.15, -0.1) is 0 Å². The van der Waals surface area contributed by atoms with Crippen LogP contribution in [0.1, 0.15) is 12.8 Å². The van der Waals surface area contributed by atoms with E-state index in [2.05, 4.69) is 10.1 Å². The number of hydrogen-bond acceptors (Lipinski definition) is 3. The van der Waals surface area contributed by atoms with Gasteiger partial charge in [-0.2, -0.15) is 0 Å². The highest BCUT2D eigenvalue weighted by Crippen LogP contribution is 2.25. The van der Waals surface area contributed by atoms with E-state index in [0.717, 1.165) is 0 Å². The normalized spacial score (nSPS) is 10.0. The summed E-state index contributed by atoms with van der Waals surface area (Å²) in [5, 5.41) is 3.49. The maximum absolute atomic E-state index is 11.9. The van der Waals surface area contributed by atoms with Crippen LogP contribution in [0, 0.1) is 0 Å². The number of anilines is 1. The standard InChI is InChI=1S/C13H16Cl2N2O3/c1-17(7-3-4-12(18)20-2)13(19)16-9-5-6-10(14)11(15)8-9/h5-6,8H,3-4,7H2,1-2H3,(H,16,19). The largest absolute Gasteiger partial charge is 0.469 e. The van der Waals surface area contributed by atoms with Gasteiger partial charge in [-0.25, -0.2) is 4.79 Å². The first kappa shape index (κ1) is 16.6. The second kappa shape index (κ2) is 7.97. The molecule has 0 saturated heterocycles. The molecule has 5 nitrogen and oxygen atoms in total. The Labute approximate surface area is 127 Å². The van der Waals surface area contributed by atoms with Gasteiger partial charge in [0.25, 0.3) is 0 Å². The number of methoxy groups -OCH3 is 1. The van der Waals surface area contributed by atoms with Crippen molar-refractivity contribution in [2.24, 2.45) is 0 Å². The van der Waals surface area contributed by atoms with Gasteiger partial charge < -0.3 is 15.0 Å². The van der Waals surface area contributed by atoms with Crippen molar-refractivity contribution < 1.29 is 14.3 Å². The zero-order valence-corrected chi connectivity index (χ0v) is 12.8. The molecular formula is C13H16Cl2N2O3. The summed E-state index contributed by atoms with van der Waals surface area (Å²) in [6.07, 6.45) is 0.818. The number of halogens is 2. The number of nitrogens with zero attached hydrogens (tertiary/aromatic N) is 1. The van der Waals surface area contributed by atoms with Gasteiger partial charge >= 0.3 is 12.0 Å². The first-order valence-corrected chi connectivity index (χ1v) is 6.73. The van der Waals surface area contributed by atoms with Crippen molar-refractivity contribution >= 4 is 40.9 Å². The molecule has 7 heteroatoms. The molecule has 0 atom stereocenters. The van der Waals surface area contributed by atoms with Crippen LogP contribution in [0.2, 0.25) is 10.0 Å². The van der Waals surface area contributed by atoms with Crippen molar-refractivity contribution in [1.29, 1.82) is 0 Å². The Morgan fingerprint density at radius 3 is 2.60 bits per heavy atom. The first-order chi connectivity index (χ1) is 9.43. The molecule has 0 spiro atoms. The third-order valence-electron chi connectivity index (χ3n) is 2.62. The van der Waals surface area contributed by atoms with Gasteiger partial charge in [0.2, 0.25) is 0 Å². The lowest BCUT2D eigenvalue weighted by atomic mass is 10.3. The van der Waals surface area contributed by atoms with Crippen LogP contribution in [0.25, 0.3) is 0 Å². The Balaban J connectivity index is 2.45. The molecule has 0 unspecified atom stereocenters. The predicted molar refractivity (Wildman–Crippen MR) is 79.4 cm³/mol. The molecule has 0 aliphatic carbocycles. The molecule has 1 aromatic rings. The van der Waals surface area contributed by atoms with E-state index in [-0.39, 0.29) is 18.4 Å². The highest BCUT2D eigenvalue weighted by molar-refractivity contribution is 6.42. The molecule has 0 radical (unpaired) electrons. The van der Waals surface area contributed by atoms with Crippen LogP contribution in [0.4, 0.5) is 10.5 Å². The molecule has 110 valence electrons. The molecule has 0 saturated carbocycles. The van der Waals surface area contributed by atoms with Crippen molar-refractivity contribution in [1.82, 2.24) is 4.90 Å². The maximum atomic E-state index is 11.9. The molecule has 0 heterocycles. The van der Waals surface area contributed by atoms with Gasteiger partial charge in [-0.1, -0.05) is 23.2 Å². The highest BCUT2D eigenvalue weighted by Gasteiger charge is 2.10. The van der Waals surface area contributed by atoms with Crippen molar-refractivity contribution in [3.8, 4) is 0 Å². The van der Waals surface area contributed by atoms with Gasteiger partial charge in [-0.3, -0.25) is 4.79 Å². The maximum Gasteiger partial charge on any atom is 0.321 e. The summed E-state index contributed by atoms with van der Waals surface area (Å²) in [4.78, 5) is 24.3. The fraction of sp³-hybridized carbons (Fsp3) is 0.385. The smallest absolute Gasteiger partial charge is 0.321 e. The SMILES string of the molecule is COC(=O)CCCN(C)C(=O)Nc1ccc(Cl)c(Cl)c1. The van der Waals surface area contributed by atoms with Gasteiger partial charge in [0.15, 0.2) is 0 Å². The Bertz CT molecular complexity index is 495. The lowest BCUT2D eigenvalue weighted by molar-refractivity contribution is -0.140. The zero-order chi connectivity index (χ0) is 15.1. The Morgan fingerprint density at radius 1 is 1.30 bits per heavy atom. The fourth-order valence-corrected chi connectivity index (χ4v) is 1.76. The number of nitrogens with one attached hydrogen (secondary N) is 1. The lowest BCUT2D eigenvalue weighted by Gasteiger charge is -2.17. The summed E-state index contributed by atoms with van der Waals surface area (Å²) in [5.41, 5.74) is 0.559. The topological polar surface area (TPSA) is 58.6 Å². The van der Waals surface area contributed by atoms with Crippen LogP contribution >= 0.6 is 23.2 Å². The average Bonchev–Trinajstić information content (AvgIpc) is 2.42. The summed E-state index contributed by atoms with van der Waals surface area (Å²) in [7, 11) is 2.98. The van der Waals surface area contributed by atoms with E-state index in [1.54, 1.807) is 25.2 Å². The Kier molecular flexibility index (Phi) is 6.61. The third kappa shape index (κ3) is 5.27. The van der Waals surface area contributed by atoms with Gasteiger partial charge in [0.05, 0.1) is 17.2 Å². The van der Waals surface area contributed by atoms with Crippen LogP contribution in [-0.2, 0) is 9.53 Å². The summed E-state index contributed by atoms with van der Waals surface area (Å²) < 4.78 is 4.53. The molecule has 0 aromatic heterocycles. The van der Waals surface area contributed by atoms with Crippen molar-refractivity contribution in [3.05, 3.63) is 28.2 Å². The summed E-state index contributed by atoms with van der Waals surface area (Å²) >= 11 is 11.7. The second-order valence-corrected chi connectivity index (χ2v) is 4.97. The molecule has 1 rings (SSSR count). The number of esters is 1. The van der Waals surface area contributed by atoms with Crippen LogP contribution in [0.3, 0.4) is 0 Å². The van der Waals surface area contributed by atoms with Crippen LogP contribution in [-0.4, -0.2) is 37.6 Å². The van der Waals surface area contributed by atoms with Crippen molar-refractivity contribution in [2.75, 3.05) is 26.0 Å². The van der Waals surface area contributed by atoms with Gasteiger partial charge in [0.1, 0.15) is 0 Å². The minimum atomic E-state index is -0.289. The molecule has 20 heavy (non-hydrogen) atoms. The molecule has 0 fully saturated rings. The van der Waals surface area contributed by atoms with Crippen molar-refractivity contribution in [3.63, 3.8) is 0 Å². The fourth-order valence-electron chi connectivity index (χ4n) is 1.46. The monoisotopic (exact) mass is 318 g/mol. The number of ether oxygens (including phenoxy) is 1. The lowest BCUT2D eigenvalue weighted by Crippen LogP contribution is -2.32. The van der Waals surface area contributed by atoms with E-state index in [1.807, 2.05) is 0 Å². The number of amides is 2. The van der Waals surface area contributed by atoms with Crippen molar-refractivity contribution in [2.45, 2.75) is 12.8 Å². The molecule has 0 bridgehead atoms. The Morgan fingerprint density at radius 2 is 2.00 bits per heavy atom. The third-order valence-corrected chi connectivity index (χ3v) is 3.36. The summed E-state index contributed by atoms with van der Waals surface area (Å²) in [6.45, 7) is 0.447. The predicted octanol–water partition coefficient (Wildman–Crippen LogP) is 3.41. The van der Waals surface area contributed by atoms with E-state index in [4.69, 9.17) is 23.2 Å². The second-order valence-electron chi connectivity index (χ2n) is 4.16. The molecular weight excluding hydrogens is 303 g/mol. The Hall–Kier alpha value is -1.46. The number of rotatable bonds is 5. The summed E-state index contributed by atoms with van der Waals surface area (Å²) in [6, 6.07) is 4.56. The minimum absolute atomic E-state index is 0.279. The highest BCUT2D eigenvalue weighted by atomic mass is 35.5. The molecule has 1 aromatic carbocycles. The average molecular weight is 319 g/mol. The molecule has 2 amide bonds. The van der Waals surface area contributed by atoms with E-state index >= 15 is 0 Å². The van der Waals surface area contributed by atoms with E-state index in [0.29, 0.717) is 28.7 Å². The van der Waals surface area contributed by atoms with Crippen LogP contribution in [0.15, 0.2) is 18.2 Å².